The number of nitrogens with one attached hydrogen (secondary N) is 1. The van der Waals surface area contributed by atoms with Gasteiger partial charge in [0.05, 0.1) is 5.69 Å². The fourth-order valence-electron chi connectivity index (χ4n) is 3.32. The number of rotatable bonds is 4. The molecule has 1 aliphatic carbocycles. The van der Waals surface area contributed by atoms with Crippen LogP contribution in [0.1, 0.15) is 45.7 Å². The topological polar surface area (TPSA) is 34.1 Å². The lowest BCUT2D eigenvalue weighted by molar-refractivity contribution is 0.0531. The smallest absolute Gasteiger partial charge is 0.213 e. The average Bonchev–Trinajstić information content (AvgIpc) is 2.26. The summed E-state index contributed by atoms with van der Waals surface area (Å²) in [7, 11) is 1.93. The summed E-state index contributed by atoms with van der Waals surface area (Å²) in [5.74, 6) is 1.50. The first kappa shape index (κ1) is 14.3. The van der Waals surface area contributed by atoms with Gasteiger partial charge in [0.25, 0.3) is 0 Å². The Labute approximate surface area is 116 Å². The third-order valence-electron chi connectivity index (χ3n) is 3.77. The molecule has 1 fully saturated rings. The Kier molecular flexibility index (Phi) is 4.46. The molecule has 0 saturated heterocycles. The maximum absolute atomic E-state index is 6.11. The zero-order valence-corrected chi connectivity index (χ0v) is 12.6. The minimum atomic E-state index is 0.302. The van der Waals surface area contributed by atoms with Gasteiger partial charge in [0.2, 0.25) is 5.88 Å². The maximum atomic E-state index is 6.11. The standard InChI is InChI=1S/C16H26N2O/c1-12-8-14(10-16(2,3)9-12)19-15-7-5-6-13(18-15)11-17-4/h5-7,12,14,17H,8-11H2,1-4H3. The van der Waals surface area contributed by atoms with Crippen LogP contribution in [0.3, 0.4) is 0 Å². The molecule has 1 aliphatic rings. The Balaban J connectivity index is 2.02. The number of aromatic nitrogens is 1. The van der Waals surface area contributed by atoms with Gasteiger partial charge in [-0.25, -0.2) is 4.98 Å². The van der Waals surface area contributed by atoms with Crippen molar-refractivity contribution in [2.24, 2.45) is 11.3 Å². The first-order valence-corrected chi connectivity index (χ1v) is 7.26. The van der Waals surface area contributed by atoms with Gasteiger partial charge in [-0.2, -0.15) is 0 Å². The Hall–Kier alpha value is -1.09. The molecule has 2 rings (SSSR count). The first-order chi connectivity index (χ1) is 8.98. The van der Waals surface area contributed by atoms with Crippen LogP contribution in [0.5, 0.6) is 5.88 Å². The van der Waals surface area contributed by atoms with Gasteiger partial charge < -0.3 is 10.1 Å². The summed E-state index contributed by atoms with van der Waals surface area (Å²) in [6.45, 7) is 7.78. The van der Waals surface area contributed by atoms with E-state index in [1.807, 2.05) is 25.2 Å². The monoisotopic (exact) mass is 262 g/mol. The van der Waals surface area contributed by atoms with E-state index in [1.54, 1.807) is 0 Å². The van der Waals surface area contributed by atoms with Crippen LogP contribution >= 0.6 is 0 Å². The third-order valence-corrected chi connectivity index (χ3v) is 3.77. The predicted molar refractivity (Wildman–Crippen MR) is 78.2 cm³/mol. The molecule has 0 amide bonds. The Morgan fingerprint density at radius 3 is 2.84 bits per heavy atom. The summed E-state index contributed by atoms with van der Waals surface area (Å²) >= 11 is 0. The second kappa shape index (κ2) is 5.91. The van der Waals surface area contributed by atoms with E-state index in [1.165, 1.54) is 6.42 Å². The Morgan fingerprint density at radius 2 is 2.16 bits per heavy atom. The van der Waals surface area contributed by atoms with Crippen molar-refractivity contribution in [2.45, 2.75) is 52.7 Å². The molecule has 19 heavy (non-hydrogen) atoms. The largest absolute Gasteiger partial charge is 0.474 e. The highest BCUT2D eigenvalue weighted by Gasteiger charge is 2.33. The molecule has 2 unspecified atom stereocenters. The van der Waals surface area contributed by atoms with E-state index in [-0.39, 0.29) is 0 Å². The van der Waals surface area contributed by atoms with Crippen LogP contribution in [0.15, 0.2) is 18.2 Å². The van der Waals surface area contributed by atoms with Crippen molar-refractivity contribution in [3.8, 4) is 5.88 Å². The maximum Gasteiger partial charge on any atom is 0.213 e. The molecule has 0 spiro atoms. The van der Waals surface area contributed by atoms with Gasteiger partial charge in [0, 0.05) is 12.6 Å². The Morgan fingerprint density at radius 1 is 1.37 bits per heavy atom. The second-order valence-corrected chi connectivity index (χ2v) is 6.65. The number of nitrogens with zero attached hydrogens (tertiary/aromatic N) is 1. The molecule has 1 heterocycles. The molecule has 0 aliphatic heterocycles. The van der Waals surface area contributed by atoms with Crippen LogP contribution < -0.4 is 10.1 Å². The van der Waals surface area contributed by atoms with Crippen LogP contribution in [0.25, 0.3) is 0 Å². The number of ether oxygens (including phenoxy) is 1. The van der Waals surface area contributed by atoms with Crippen molar-refractivity contribution < 1.29 is 4.74 Å². The van der Waals surface area contributed by atoms with E-state index in [0.717, 1.165) is 36.9 Å². The number of hydrogen-bond acceptors (Lipinski definition) is 3. The fourth-order valence-corrected chi connectivity index (χ4v) is 3.32. The highest BCUT2D eigenvalue weighted by molar-refractivity contribution is 5.16. The zero-order chi connectivity index (χ0) is 13.9. The summed E-state index contributed by atoms with van der Waals surface area (Å²) in [4.78, 5) is 4.54. The highest BCUT2D eigenvalue weighted by Crippen LogP contribution is 2.39. The van der Waals surface area contributed by atoms with Crippen LogP contribution in [-0.4, -0.2) is 18.1 Å². The molecule has 0 aromatic carbocycles. The molecule has 2 atom stereocenters. The first-order valence-electron chi connectivity index (χ1n) is 7.26. The molecule has 3 nitrogen and oxygen atoms in total. The molecular formula is C16H26N2O. The molecule has 1 aromatic heterocycles. The van der Waals surface area contributed by atoms with Gasteiger partial charge in [0.15, 0.2) is 0 Å². The zero-order valence-electron chi connectivity index (χ0n) is 12.6. The summed E-state index contributed by atoms with van der Waals surface area (Å²) in [5, 5.41) is 3.12. The van der Waals surface area contributed by atoms with E-state index in [2.05, 4.69) is 31.1 Å². The molecule has 1 N–H and O–H groups in total. The van der Waals surface area contributed by atoms with Gasteiger partial charge in [-0.15, -0.1) is 0 Å². The Bertz CT molecular complexity index is 417. The second-order valence-electron chi connectivity index (χ2n) is 6.65. The quantitative estimate of drug-likeness (QED) is 0.903. The molecule has 1 saturated carbocycles. The van der Waals surface area contributed by atoms with Crippen LogP contribution in [-0.2, 0) is 6.54 Å². The summed E-state index contributed by atoms with van der Waals surface area (Å²) < 4.78 is 6.11. The normalized spacial score (nSPS) is 26.1. The van der Waals surface area contributed by atoms with Gasteiger partial charge >= 0.3 is 0 Å². The molecule has 3 heteroatoms. The van der Waals surface area contributed by atoms with Crippen molar-refractivity contribution >= 4 is 0 Å². The molecule has 0 radical (unpaired) electrons. The van der Waals surface area contributed by atoms with Crippen molar-refractivity contribution in [3.63, 3.8) is 0 Å². The van der Waals surface area contributed by atoms with Crippen molar-refractivity contribution in [1.29, 1.82) is 0 Å². The van der Waals surface area contributed by atoms with Crippen LogP contribution in [0.4, 0.5) is 0 Å². The van der Waals surface area contributed by atoms with Gasteiger partial charge in [-0.1, -0.05) is 26.8 Å². The number of pyridine rings is 1. The van der Waals surface area contributed by atoms with E-state index in [9.17, 15) is 0 Å². The fraction of sp³-hybridized carbons (Fsp3) is 0.688. The molecule has 106 valence electrons. The minimum absolute atomic E-state index is 0.302. The van der Waals surface area contributed by atoms with E-state index >= 15 is 0 Å². The number of hydrogen-bond donors (Lipinski definition) is 1. The average molecular weight is 262 g/mol. The van der Waals surface area contributed by atoms with Crippen molar-refractivity contribution in [2.75, 3.05) is 7.05 Å². The molecule has 0 bridgehead atoms. The van der Waals surface area contributed by atoms with Crippen LogP contribution in [0, 0.1) is 11.3 Å². The SMILES string of the molecule is CNCc1cccc(OC2CC(C)CC(C)(C)C2)n1. The van der Waals surface area contributed by atoms with Crippen molar-refractivity contribution in [3.05, 3.63) is 23.9 Å². The van der Waals surface area contributed by atoms with E-state index < -0.39 is 0 Å². The van der Waals surface area contributed by atoms with Gasteiger partial charge in [0.1, 0.15) is 6.10 Å². The van der Waals surface area contributed by atoms with Crippen molar-refractivity contribution in [1.82, 2.24) is 10.3 Å². The van der Waals surface area contributed by atoms with E-state index in [0.29, 0.717) is 11.5 Å². The summed E-state index contributed by atoms with van der Waals surface area (Å²) in [5.41, 5.74) is 1.41. The predicted octanol–water partition coefficient (Wildman–Crippen LogP) is 3.39. The molecule has 1 aromatic rings. The van der Waals surface area contributed by atoms with E-state index in [4.69, 9.17) is 4.74 Å². The summed E-state index contributed by atoms with van der Waals surface area (Å²) in [6, 6.07) is 6.01. The molecular weight excluding hydrogens is 236 g/mol. The van der Waals surface area contributed by atoms with Gasteiger partial charge in [-0.05, 0) is 43.7 Å². The van der Waals surface area contributed by atoms with Crippen LogP contribution in [0.2, 0.25) is 0 Å². The highest BCUT2D eigenvalue weighted by atomic mass is 16.5. The third kappa shape index (κ3) is 4.20. The lowest BCUT2D eigenvalue weighted by atomic mass is 9.71. The lowest BCUT2D eigenvalue weighted by Crippen LogP contribution is -2.34. The van der Waals surface area contributed by atoms with Gasteiger partial charge in [-0.3, -0.25) is 0 Å². The minimum Gasteiger partial charge on any atom is -0.474 e. The summed E-state index contributed by atoms with van der Waals surface area (Å²) in [6.07, 6.45) is 3.85. The lowest BCUT2D eigenvalue weighted by Gasteiger charge is -2.38.